The molecule has 1 aromatic heterocycles. The molecule has 1 amide bonds. The molecule has 3 aromatic rings. The Morgan fingerprint density at radius 1 is 1.00 bits per heavy atom. The van der Waals surface area contributed by atoms with Gasteiger partial charge in [-0.1, -0.05) is 6.07 Å². The Labute approximate surface area is 197 Å². The molecule has 2 aliphatic rings. The number of ether oxygens (including phenoxy) is 1. The number of methoxy groups -OCH3 is 1. The molecule has 2 fully saturated rings. The number of amides is 1. The molecule has 5 rings (SSSR count). The first-order valence-corrected chi connectivity index (χ1v) is 12.4. The third-order valence-corrected chi connectivity index (χ3v) is 7.29. The van der Waals surface area contributed by atoms with Crippen LogP contribution in [-0.2, 0) is 0 Å². The highest BCUT2D eigenvalue weighted by Crippen LogP contribution is 2.33. The summed E-state index contributed by atoms with van der Waals surface area (Å²) in [5, 5.41) is 0.696. The summed E-state index contributed by atoms with van der Waals surface area (Å²) in [4.78, 5) is 24.4. The number of hydrogen-bond donors (Lipinski definition) is 0. The third kappa shape index (κ3) is 4.44. The lowest BCUT2D eigenvalue weighted by Gasteiger charge is -2.39. The second-order valence-corrected chi connectivity index (χ2v) is 9.49. The van der Waals surface area contributed by atoms with Gasteiger partial charge in [0.1, 0.15) is 11.6 Å². The Morgan fingerprint density at radius 2 is 1.76 bits per heavy atom. The van der Waals surface area contributed by atoms with Crippen LogP contribution in [0.2, 0.25) is 0 Å². The van der Waals surface area contributed by atoms with Crippen molar-refractivity contribution in [3.05, 3.63) is 60.0 Å². The van der Waals surface area contributed by atoms with Crippen molar-refractivity contribution in [2.45, 2.75) is 0 Å². The van der Waals surface area contributed by atoms with Crippen molar-refractivity contribution in [2.75, 3.05) is 67.7 Å². The number of pyridine rings is 1. The summed E-state index contributed by atoms with van der Waals surface area (Å²) in [5.41, 5.74) is 3.18. The number of piperazine rings is 1. The maximum Gasteiger partial charge on any atom is 0.257 e. The van der Waals surface area contributed by atoms with Gasteiger partial charge in [-0.3, -0.25) is 9.78 Å². The summed E-state index contributed by atoms with van der Waals surface area (Å²) in [6.07, 6.45) is 1.67. The number of anilines is 2. The van der Waals surface area contributed by atoms with E-state index in [1.165, 1.54) is 12.1 Å². The van der Waals surface area contributed by atoms with Gasteiger partial charge in [0.15, 0.2) is 0 Å². The van der Waals surface area contributed by atoms with E-state index in [4.69, 9.17) is 4.74 Å². The maximum absolute atomic E-state index is 14.3. The fraction of sp³-hybridized carbons (Fsp3) is 0.360. The number of halogens is 1. The fourth-order valence-corrected chi connectivity index (χ4v) is 5.48. The molecule has 3 heterocycles. The molecule has 6 nitrogen and oxygen atoms in total. The van der Waals surface area contributed by atoms with Crippen molar-refractivity contribution in [3.63, 3.8) is 0 Å². The minimum absolute atomic E-state index is 0.0146. The van der Waals surface area contributed by atoms with Crippen LogP contribution in [0.25, 0.3) is 10.9 Å². The van der Waals surface area contributed by atoms with Gasteiger partial charge in [0.25, 0.3) is 5.91 Å². The summed E-state index contributed by atoms with van der Waals surface area (Å²) in [7, 11) is 1.67. The number of carbonyl (C=O) groups excluding carboxylic acids is 1. The van der Waals surface area contributed by atoms with Gasteiger partial charge < -0.3 is 19.4 Å². The van der Waals surface area contributed by atoms with E-state index in [1.807, 2.05) is 34.9 Å². The predicted octanol–water partition coefficient (Wildman–Crippen LogP) is 3.90. The molecule has 0 unspecified atom stereocenters. The molecule has 0 N–H and O–H groups in total. The molecule has 0 atom stereocenters. The van der Waals surface area contributed by atoms with Crippen LogP contribution in [0.15, 0.2) is 48.7 Å². The van der Waals surface area contributed by atoms with E-state index in [2.05, 4.69) is 20.9 Å². The van der Waals surface area contributed by atoms with E-state index >= 15 is 0 Å². The third-order valence-electron chi connectivity index (χ3n) is 6.34. The second-order valence-electron chi connectivity index (χ2n) is 8.26. The molecule has 172 valence electrons. The Balaban J connectivity index is 1.47. The Bertz CT molecular complexity index is 1160. The SMILES string of the molecule is COc1cccc(N2CCN(c3c(C(=O)N4CCSCC4)cnc4ccc(F)cc34)CC2)c1. The van der Waals surface area contributed by atoms with E-state index in [0.29, 0.717) is 16.5 Å². The van der Waals surface area contributed by atoms with E-state index in [0.717, 1.165) is 67.9 Å². The fourth-order valence-electron chi connectivity index (χ4n) is 4.58. The summed E-state index contributed by atoms with van der Waals surface area (Å²) in [6, 6.07) is 12.7. The lowest BCUT2D eigenvalue weighted by molar-refractivity contribution is 0.0772. The Morgan fingerprint density at radius 3 is 2.52 bits per heavy atom. The second kappa shape index (κ2) is 9.47. The largest absolute Gasteiger partial charge is 0.497 e. The molecular weight excluding hydrogens is 439 g/mol. The Kier molecular flexibility index (Phi) is 6.26. The molecule has 33 heavy (non-hydrogen) atoms. The number of carbonyl (C=O) groups is 1. The number of nitrogens with zero attached hydrogens (tertiary/aromatic N) is 4. The highest BCUT2D eigenvalue weighted by atomic mass is 32.2. The zero-order chi connectivity index (χ0) is 22.8. The van der Waals surface area contributed by atoms with E-state index < -0.39 is 0 Å². The smallest absolute Gasteiger partial charge is 0.257 e. The van der Waals surface area contributed by atoms with Gasteiger partial charge in [0, 0.05) is 74.1 Å². The Hall–Kier alpha value is -3.00. The van der Waals surface area contributed by atoms with Crippen molar-refractivity contribution in [3.8, 4) is 5.75 Å². The van der Waals surface area contributed by atoms with Crippen LogP contribution in [0.3, 0.4) is 0 Å². The number of aromatic nitrogens is 1. The lowest BCUT2D eigenvalue weighted by atomic mass is 10.1. The van der Waals surface area contributed by atoms with Crippen LogP contribution in [-0.4, -0.2) is 73.7 Å². The number of fused-ring (bicyclic) bond motifs is 1. The van der Waals surface area contributed by atoms with Gasteiger partial charge in [-0.05, 0) is 30.3 Å². The van der Waals surface area contributed by atoms with Crippen molar-refractivity contribution in [2.24, 2.45) is 0 Å². The highest BCUT2D eigenvalue weighted by molar-refractivity contribution is 7.99. The molecule has 0 spiro atoms. The van der Waals surface area contributed by atoms with Crippen LogP contribution in [0, 0.1) is 5.82 Å². The van der Waals surface area contributed by atoms with Crippen molar-refractivity contribution >= 4 is 39.9 Å². The molecule has 8 heteroatoms. The van der Waals surface area contributed by atoms with Crippen molar-refractivity contribution in [1.82, 2.24) is 9.88 Å². The van der Waals surface area contributed by atoms with E-state index in [9.17, 15) is 9.18 Å². The molecule has 0 aliphatic carbocycles. The summed E-state index contributed by atoms with van der Waals surface area (Å²) < 4.78 is 19.6. The van der Waals surface area contributed by atoms with Gasteiger partial charge in [-0.25, -0.2) is 4.39 Å². The number of benzene rings is 2. The molecule has 0 saturated carbocycles. The summed E-state index contributed by atoms with van der Waals surface area (Å²) >= 11 is 1.86. The summed E-state index contributed by atoms with van der Waals surface area (Å²) in [6.45, 7) is 4.49. The highest BCUT2D eigenvalue weighted by Gasteiger charge is 2.28. The molecule has 2 saturated heterocycles. The van der Waals surface area contributed by atoms with Crippen LogP contribution in [0.4, 0.5) is 15.8 Å². The first-order chi connectivity index (χ1) is 16.1. The average Bonchev–Trinajstić information content (AvgIpc) is 2.88. The summed E-state index contributed by atoms with van der Waals surface area (Å²) in [5.74, 6) is 2.38. The van der Waals surface area contributed by atoms with Gasteiger partial charge in [0.05, 0.1) is 23.9 Å². The average molecular weight is 467 g/mol. The molecule has 0 bridgehead atoms. The van der Waals surface area contributed by atoms with Gasteiger partial charge >= 0.3 is 0 Å². The van der Waals surface area contributed by atoms with Crippen LogP contribution >= 0.6 is 11.8 Å². The number of thioether (sulfide) groups is 1. The molecule has 2 aromatic carbocycles. The van der Waals surface area contributed by atoms with Crippen LogP contribution in [0.5, 0.6) is 5.75 Å². The van der Waals surface area contributed by atoms with E-state index in [1.54, 1.807) is 19.4 Å². The molecule has 0 radical (unpaired) electrons. The number of hydrogen-bond acceptors (Lipinski definition) is 6. The van der Waals surface area contributed by atoms with Gasteiger partial charge in [0.2, 0.25) is 0 Å². The van der Waals surface area contributed by atoms with E-state index in [-0.39, 0.29) is 11.7 Å². The topological polar surface area (TPSA) is 48.9 Å². The molecule has 2 aliphatic heterocycles. The lowest BCUT2D eigenvalue weighted by Crippen LogP contribution is -2.47. The molecular formula is C25H27FN4O2S. The number of rotatable bonds is 4. The van der Waals surface area contributed by atoms with Crippen molar-refractivity contribution < 1.29 is 13.9 Å². The normalized spacial score (nSPS) is 16.8. The van der Waals surface area contributed by atoms with Gasteiger partial charge in [-0.2, -0.15) is 11.8 Å². The zero-order valence-electron chi connectivity index (χ0n) is 18.7. The van der Waals surface area contributed by atoms with Crippen LogP contribution in [0.1, 0.15) is 10.4 Å². The predicted molar refractivity (Wildman–Crippen MR) is 132 cm³/mol. The maximum atomic E-state index is 14.3. The van der Waals surface area contributed by atoms with Gasteiger partial charge in [-0.15, -0.1) is 0 Å². The minimum Gasteiger partial charge on any atom is -0.497 e. The van der Waals surface area contributed by atoms with Crippen LogP contribution < -0.4 is 14.5 Å². The minimum atomic E-state index is -0.320. The zero-order valence-corrected chi connectivity index (χ0v) is 19.5. The quantitative estimate of drug-likeness (QED) is 0.581. The first kappa shape index (κ1) is 21.8. The standard InChI is InChI=1S/C25H27FN4O2S/c1-32-20-4-2-3-19(16-20)28-7-9-29(10-8-28)24-21-15-18(26)5-6-23(21)27-17-22(24)25(31)30-11-13-33-14-12-30/h2-6,15-17H,7-14H2,1H3. The van der Waals surface area contributed by atoms with Crippen molar-refractivity contribution in [1.29, 1.82) is 0 Å². The monoisotopic (exact) mass is 466 g/mol. The first-order valence-electron chi connectivity index (χ1n) is 11.2.